The van der Waals surface area contributed by atoms with Gasteiger partial charge < -0.3 is 25.7 Å². The van der Waals surface area contributed by atoms with Crippen LogP contribution in [0.1, 0.15) is 18.4 Å². The highest BCUT2D eigenvalue weighted by Crippen LogP contribution is 2.24. The average molecular weight is 330 g/mol. The zero-order valence-corrected chi connectivity index (χ0v) is 13.7. The molecule has 2 heterocycles. The van der Waals surface area contributed by atoms with Crippen molar-refractivity contribution < 1.29 is 14.3 Å². The Morgan fingerprint density at radius 1 is 1.38 bits per heavy atom. The summed E-state index contributed by atoms with van der Waals surface area (Å²) in [6.45, 7) is 1.27. The Kier molecular flexibility index (Phi) is 4.59. The second kappa shape index (κ2) is 6.82. The van der Waals surface area contributed by atoms with Crippen molar-refractivity contribution in [1.29, 1.82) is 0 Å². The van der Waals surface area contributed by atoms with Crippen LogP contribution in [0.5, 0.6) is 5.75 Å². The van der Waals surface area contributed by atoms with Crippen molar-refractivity contribution in [2.75, 3.05) is 20.2 Å². The lowest BCUT2D eigenvalue weighted by Crippen LogP contribution is -2.48. The number of nitrogens with two attached hydrogens (primary N) is 1. The number of nitrogens with one attached hydrogen (secondary N) is 2. The molecule has 0 saturated carbocycles. The summed E-state index contributed by atoms with van der Waals surface area (Å²) in [4.78, 5) is 28.5. The Morgan fingerprint density at radius 2 is 2.12 bits per heavy atom. The quantitative estimate of drug-likeness (QED) is 0.789. The van der Waals surface area contributed by atoms with Gasteiger partial charge in [-0.2, -0.15) is 0 Å². The number of primary amides is 1. The van der Waals surface area contributed by atoms with Gasteiger partial charge in [0.1, 0.15) is 5.75 Å². The lowest BCUT2D eigenvalue weighted by molar-refractivity contribution is -0.131. The minimum absolute atomic E-state index is 0.0592. The number of amides is 3. The van der Waals surface area contributed by atoms with E-state index in [9.17, 15) is 9.59 Å². The number of likely N-dealkylation sites (tertiary alicyclic amines) is 1. The maximum atomic E-state index is 12.6. The van der Waals surface area contributed by atoms with E-state index in [0.29, 0.717) is 19.5 Å². The minimum atomic E-state index is -0.507. The van der Waals surface area contributed by atoms with E-state index < -0.39 is 6.03 Å². The fourth-order valence-corrected chi connectivity index (χ4v) is 3.18. The molecule has 1 aromatic heterocycles. The number of piperidine rings is 1. The number of methoxy groups -OCH3 is 1. The van der Waals surface area contributed by atoms with Crippen molar-refractivity contribution in [2.45, 2.75) is 25.3 Å². The summed E-state index contributed by atoms with van der Waals surface area (Å²) in [7, 11) is 1.63. The summed E-state index contributed by atoms with van der Waals surface area (Å²) in [5.74, 6) is 0.866. The number of urea groups is 1. The molecule has 1 fully saturated rings. The molecule has 1 aliphatic heterocycles. The number of H-pyrrole nitrogens is 1. The van der Waals surface area contributed by atoms with Crippen LogP contribution in [0.15, 0.2) is 24.4 Å². The number of benzene rings is 1. The Bertz CT molecular complexity index is 747. The summed E-state index contributed by atoms with van der Waals surface area (Å²) >= 11 is 0. The van der Waals surface area contributed by atoms with E-state index in [1.165, 1.54) is 0 Å². The monoisotopic (exact) mass is 330 g/mol. The molecule has 0 bridgehead atoms. The third kappa shape index (κ3) is 3.45. The maximum absolute atomic E-state index is 12.6. The number of aromatic nitrogens is 1. The van der Waals surface area contributed by atoms with Gasteiger partial charge >= 0.3 is 6.03 Å². The van der Waals surface area contributed by atoms with Crippen LogP contribution >= 0.6 is 0 Å². The molecule has 0 atom stereocenters. The van der Waals surface area contributed by atoms with E-state index in [1.54, 1.807) is 7.11 Å². The molecule has 128 valence electrons. The van der Waals surface area contributed by atoms with Crippen LogP contribution in [0.2, 0.25) is 0 Å². The number of nitrogens with zero attached hydrogens (tertiary/aromatic N) is 1. The summed E-state index contributed by atoms with van der Waals surface area (Å²) in [6, 6.07) is 5.33. The molecule has 1 aromatic carbocycles. The maximum Gasteiger partial charge on any atom is 0.312 e. The number of ether oxygens (including phenoxy) is 1. The van der Waals surface area contributed by atoms with Crippen molar-refractivity contribution in [3.63, 3.8) is 0 Å². The highest BCUT2D eigenvalue weighted by atomic mass is 16.5. The average Bonchev–Trinajstić information content (AvgIpc) is 2.97. The molecule has 0 unspecified atom stereocenters. The zero-order valence-electron chi connectivity index (χ0n) is 13.7. The van der Waals surface area contributed by atoms with Crippen LogP contribution in [-0.2, 0) is 11.2 Å². The summed E-state index contributed by atoms with van der Waals surface area (Å²) < 4.78 is 5.26. The molecule has 1 aliphatic rings. The van der Waals surface area contributed by atoms with Gasteiger partial charge in [0.2, 0.25) is 5.91 Å². The van der Waals surface area contributed by atoms with Gasteiger partial charge in [0, 0.05) is 36.2 Å². The van der Waals surface area contributed by atoms with Gasteiger partial charge in [-0.05, 0) is 36.6 Å². The number of fused-ring (bicyclic) bond motifs is 1. The Labute approximate surface area is 140 Å². The van der Waals surface area contributed by atoms with E-state index in [1.807, 2.05) is 29.3 Å². The van der Waals surface area contributed by atoms with E-state index >= 15 is 0 Å². The molecule has 24 heavy (non-hydrogen) atoms. The largest absolute Gasteiger partial charge is 0.497 e. The molecule has 1 saturated heterocycles. The first kappa shape index (κ1) is 16.2. The van der Waals surface area contributed by atoms with E-state index in [2.05, 4.69) is 10.3 Å². The number of carbonyl (C=O) groups excluding carboxylic acids is 2. The molecular weight excluding hydrogens is 308 g/mol. The Hall–Kier alpha value is -2.70. The smallest absolute Gasteiger partial charge is 0.312 e. The molecule has 2 aromatic rings. The number of carbonyl (C=O) groups is 2. The van der Waals surface area contributed by atoms with Gasteiger partial charge in [-0.3, -0.25) is 4.79 Å². The molecule has 7 nitrogen and oxygen atoms in total. The SMILES string of the molecule is COc1ccc2[nH]cc(CC(=O)N3CCC(NC(N)=O)CC3)c2c1. The Balaban J connectivity index is 1.64. The Morgan fingerprint density at radius 3 is 2.79 bits per heavy atom. The summed E-state index contributed by atoms with van der Waals surface area (Å²) in [5, 5.41) is 3.71. The number of aromatic amines is 1. The van der Waals surface area contributed by atoms with Gasteiger partial charge in [-0.15, -0.1) is 0 Å². The van der Waals surface area contributed by atoms with Crippen molar-refractivity contribution in [2.24, 2.45) is 5.73 Å². The van der Waals surface area contributed by atoms with Gasteiger partial charge in [0.25, 0.3) is 0 Å². The third-order valence-corrected chi connectivity index (χ3v) is 4.51. The second-order valence-electron chi connectivity index (χ2n) is 6.07. The number of hydrogen-bond acceptors (Lipinski definition) is 3. The third-order valence-electron chi connectivity index (χ3n) is 4.51. The number of hydrogen-bond donors (Lipinski definition) is 3. The lowest BCUT2D eigenvalue weighted by Gasteiger charge is -2.32. The van der Waals surface area contributed by atoms with Crippen molar-refractivity contribution >= 4 is 22.8 Å². The summed E-state index contributed by atoms with van der Waals surface area (Å²) in [6.07, 6.45) is 3.69. The van der Waals surface area contributed by atoms with Crippen molar-refractivity contribution in [3.8, 4) is 5.75 Å². The van der Waals surface area contributed by atoms with E-state index in [0.717, 1.165) is 35.1 Å². The van der Waals surface area contributed by atoms with Crippen molar-refractivity contribution in [1.82, 2.24) is 15.2 Å². The first-order chi connectivity index (χ1) is 11.6. The van der Waals surface area contributed by atoms with Crippen LogP contribution in [-0.4, -0.2) is 48.1 Å². The fourth-order valence-electron chi connectivity index (χ4n) is 3.18. The number of rotatable bonds is 4. The molecule has 7 heteroatoms. The molecule has 0 aliphatic carbocycles. The lowest BCUT2D eigenvalue weighted by atomic mass is 10.0. The molecular formula is C17H22N4O3. The topological polar surface area (TPSA) is 100 Å². The highest BCUT2D eigenvalue weighted by molar-refractivity contribution is 5.89. The van der Waals surface area contributed by atoms with Crippen LogP contribution < -0.4 is 15.8 Å². The molecule has 0 radical (unpaired) electrons. The van der Waals surface area contributed by atoms with Gasteiger partial charge in [-0.1, -0.05) is 0 Å². The van der Waals surface area contributed by atoms with Crippen LogP contribution in [0.4, 0.5) is 4.79 Å². The predicted octanol–water partition coefficient (Wildman–Crippen LogP) is 1.38. The van der Waals surface area contributed by atoms with Crippen LogP contribution in [0.3, 0.4) is 0 Å². The van der Waals surface area contributed by atoms with E-state index in [-0.39, 0.29) is 11.9 Å². The first-order valence-electron chi connectivity index (χ1n) is 8.04. The molecule has 4 N–H and O–H groups in total. The molecule has 3 rings (SSSR count). The normalized spacial score (nSPS) is 15.5. The van der Waals surface area contributed by atoms with Gasteiger partial charge in [0.15, 0.2) is 0 Å². The minimum Gasteiger partial charge on any atom is -0.497 e. The fraction of sp³-hybridized carbons (Fsp3) is 0.412. The molecule has 0 spiro atoms. The van der Waals surface area contributed by atoms with Gasteiger partial charge in [0.05, 0.1) is 13.5 Å². The highest BCUT2D eigenvalue weighted by Gasteiger charge is 2.24. The van der Waals surface area contributed by atoms with Gasteiger partial charge in [-0.25, -0.2) is 4.79 Å². The predicted molar refractivity (Wildman–Crippen MR) is 90.9 cm³/mol. The zero-order chi connectivity index (χ0) is 17.1. The van der Waals surface area contributed by atoms with Crippen LogP contribution in [0.25, 0.3) is 10.9 Å². The van der Waals surface area contributed by atoms with Crippen LogP contribution in [0, 0.1) is 0 Å². The van der Waals surface area contributed by atoms with E-state index in [4.69, 9.17) is 10.5 Å². The van der Waals surface area contributed by atoms with Crippen molar-refractivity contribution in [3.05, 3.63) is 30.0 Å². The summed E-state index contributed by atoms with van der Waals surface area (Å²) in [5.41, 5.74) is 7.09. The second-order valence-corrected chi connectivity index (χ2v) is 6.07. The first-order valence-corrected chi connectivity index (χ1v) is 8.04. The molecule has 3 amide bonds. The standard InChI is InChI=1S/C17H22N4O3/c1-24-13-2-3-15-14(9-13)11(10-19-15)8-16(22)21-6-4-12(5-7-21)20-17(18)23/h2-3,9-10,12,19H,4-8H2,1H3,(H3,18,20,23).